The predicted molar refractivity (Wildman–Crippen MR) is 92.2 cm³/mol. The molecule has 2 bridgehead atoms. The molecule has 2 aliphatic rings. The molecule has 2 aliphatic carbocycles. The van der Waals surface area contributed by atoms with Gasteiger partial charge in [-0.15, -0.1) is 0 Å². The molecule has 0 heterocycles. The maximum atomic E-state index is 12.9. The Kier molecular flexibility index (Phi) is 4.30. The molecule has 0 aromatic heterocycles. The fraction of sp³-hybridized carbons (Fsp3) is 0.381. The summed E-state index contributed by atoms with van der Waals surface area (Å²) in [4.78, 5) is 12.9. The summed E-state index contributed by atoms with van der Waals surface area (Å²) in [7, 11) is 0. The fourth-order valence-corrected chi connectivity index (χ4v) is 4.03. The first-order valence-electron chi connectivity index (χ1n) is 8.80. The third-order valence-electron chi connectivity index (χ3n) is 5.32. The lowest BCUT2D eigenvalue weighted by molar-refractivity contribution is -0.143. The Morgan fingerprint density at radius 2 is 1.80 bits per heavy atom. The number of Topliss-reactive ketones (excluding diaryl/α,β-unsaturated/α-hetero) is 1. The molecule has 4 heteroatoms. The number of rotatable bonds is 5. The van der Waals surface area contributed by atoms with Gasteiger partial charge in [-0.25, -0.2) is 4.39 Å². The SMILES string of the molecule is O=C1C2CCC1(OCCOc1ccc(F)cc1)Cc1ccccc1C2. The van der Waals surface area contributed by atoms with E-state index in [1.807, 2.05) is 12.1 Å². The minimum absolute atomic E-state index is 0.0710. The molecule has 25 heavy (non-hydrogen) atoms. The lowest BCUT2D eigenvalue weighted by atomic mass is 9.91. The smallest absolute Gasteiger partial charge is 0.168 e. The summed E-state index contributed by atoms with van der Waals surface area (Å²) < 4.78 is 24.6. The van der Waals surface area contributed by atoms with E-state index in [4.69, 9.17) is 9.47 Å². The minimum Gasteiger partial charge on any atom is -0.491 e. The highest BCUT2D eigenvalue weighted by Crippen LogP contribution is 2.42. The molecule has 130 valence electrons. The molecular weight excluding hydrogens is 319 g/mol. The molecule has 1 fully saturated rings. The van der Waals surface area contributed by atoms with Gasteiger partial charge in [-0.05, 0) is 54.7 Å². The lowest BCUT2D eigenvalue weighted by Crippen LogP contribution is -2.41. The molecule has 4 rings (SSSR count). The highest BCUT2D eigenvalue weighted by Gasteiger charge is 2.50. The summed E-state index contributed by atoms with van der Waals surface area (Å²) in [6.45, 7) is 0.685. The van der Waals surface area contributed by atoms with E-state index < -0.39 is 5.60 Å². The van der Waals surface area contributed by atoms with Crippen LogP contribution in [0, 0.1) is 11.7 Å². The zero-order chi connectivity index (χ0) is 17.3. The Bertz CT molecular complexity index is 771. The molecule has 2 aromatic carbocycles. The number of ketones is 1. The Hall–Kier alpha value is -2.20. The summed E-state index contributed by atoms with van der Waals surface area (Å²) in [6.07, 6.45) is 3.15. The summed E-state index contributed by atoms with van der Waals surface area (Å²) in [5.41, 5.74) is 1.79. The van der Waals surface area contributed by atoms with Crippen molar-refractivity contribution in [1.82, 2.24) is 0 Å². The quantitative estimate of drug-likeness (QED) is 0.778. The number of halogens is 1. The van der Waals surface area contributed by atoms with Gasteiger partial charge >= 0.3 is 0 Å². The average Bonchev–Trinajstić information content (AvgIpc) is 2.84. The second-order valence-corrected chi connectivity index (χ2v) is 6.89. The molecule has 0 spiro atoms. The largest absolute Gasteiger partial charge is 0.491 e. The van der Waals surface area contributed by atoms with Crippen molar-refractivity contribution in [3.05, 3.63) is 65.5 Å². The molecule has 0 aliphatic heterocycles. The van der Waals surface area contributed by atoms with Gasteiger partial charge in [0, 0.05) is 12.3 Å². The fourth-order valence-electron chi connectivity index (χ4n) is 4.03. The monoisotopic (exact) mass is 340 g/mol. The van der Waals surface area contributed by atoms with Gasteiger partial charge in [0.1, 0.15) is 23.8 Å². The van der Waals surface area contributed by atoms with E-state index in [1.54, 1.807) is 12.1 Å². The highest BCUT2D eigenvalue weighted by atomic mass is 19.1. The van der Waals surface area contributed by atoms with Crippen LogP contribution >= 0.6 is 0 Å². The number of carbonyl (C=O) groups is 1. The number of fused-ring (bicyclic) bond motifs is 3. The maximum absolute atomic E-state index is 12.9. The minimum atomic E-state index is -0.705. The third-order valence-corrected chi connectivity index (χ3v) is 5.32. The summed E-state index contributed by atoms with van der Waals surface area (Å²) in [5.74, 6) is 0.624. The van der Waals surface area contributed by atoms with Crippen molar-refractivity contribution in [3.8, 4) is 5.75 Å². The zero-order valence-electron chi connectivity index (χ0n) is 14.0. The molecule has 3 nitrogen and oxygen atoms in total. The highest BCUT2D eigenvalue weighted by molar-refractivity contribution is 5.92. The van der Waals surface area contributed by atoms with E-state index in [-0.39, 0.29) is 17.5 Å². The molecule has 0 saturated heterocycles. The van der Waals surface area contributed by atoms with Crippen LogP contribution in [-0.2, 0) is 22.4 Å². The van der Waals surface area contributed by atoms with Crippen LogP contribution in [-0.4, -0.2) is 24.6 Å². The van der Waals surface area contributed by atoms with Gasteiger partial charge in [0.05, 0.1) is 6.61 Å². The Morgan fingerprint density at radius 3 is 2.60 bits per heavy atom. The number of benzene rings is 2. The molecular formula is C21H21FO3. The van der Waals surface area contributed by atoms with Crippen molar-refractivity contribution in [2.75, 3.05) is 13.2 Å². The van der Waals surface area contributed by atoms with Gasteiger partial charge in [0.15, 0.2) is 5.78 Å². The molecule has 2 atom stereocenters. The number of carbonyl (C=O) groups excluding carboxylic acids is 1. The number of ether oxygens (including phenoxy) is 2. The van der Waals surface area contributed by atoms with Gasteiger partial charge in [-0.1, -0.05) is 24.3 Å². The standard InChI is InChI=1S/C21H21FO3/c22-18-5-7-19(8-6-18)24-11-12-25-21-10-9-16(20(21)23)13-15-3-1-2-4-17(15)14-21/h1-8,16H,9-14H2. The van der Waals surface area contributed by atoms with E-state index >= 15 is 0 Å². The van der Waals surface area contributed by atoms with Crippen LogP contribution in [0.1, 0.15) is 24.0 Å². The van der Waals surface area contributed by atoms with Crippen molar-refractivity contribution >= 4 is 5.78 Å². The number of hydrogen-bond donors (Lipinski definition) is 0. The molecule has 0 N–H and O–H groups in total. The molecule has 2 aromatic rings. The van der Waals surface area contributed by atoms with Crippen molar-refractivity contribution in [2.24, 2.45) is 5.92 Å². The topological polar surface area (TPSA) is 35.5 Å². The Balaban J connectivity index is 1.42. The van der Waals surface area contributed by atoms with E-state index in [2.05, 4.69) is 12.1 Å². The van der Waals surface area contributed by atoms with Crippen molar-refractivity contribution in [1.29, 1.82) is 0 Å². The van der Waals surface area contributed by atoms with E-state index in [1.165, 1.54) is 23.3 Å². The van der Waals surface area contributed by atoms with Crippen LogP contribution in [0.2, 0.25) is 0 Å². The van der Waals surface area contributed by atoms with Crippen molar-refractivity contribution in [2.45, 2.75) is 31.3 Å². The van der Waals surface area contributed by atoms with Crippen molar-refractivity contribution < 1.29 is 18.7 Å². The maximum Gasteiger partial charge on any atom is 0.168 e. The van der Waals surface area contributed by atoms with E-state index in [0.717, 1.165) is 19.3 Å². The van der Waals surface area contributed by atoms with Gasteiger partial charge in [-0.2, -0.15) is 0 Å². The molecule has 0 radical (unpaired) electrons. The van der Waals surface area contributed by atoms with E-state index in [9.17, 15) is 9.18 Å². The number of hydrogen-bond acceptors (Lipinski definition) is 3. The molecule has 1 saturated carbocycles. The van der Waals surface area contributed by atoms with Gasteiger partial charge in [0.25, 0.3) is 0 Å². The first-order chi connectivity index (χ1) is 12.2. The third kappa shape index (κ3) is 3.19. The van der Waals surface area contributed by atoms with Crippen LogP contribution in [0.5, 0.6) is 5.75 Å². The molecule has 2 unspecified atom stereocenters. The van der Waals surface area contributed by atoms with Crippen LogP contribution in [0.15, 0.2) is 48.5 Å². The van der Waals surface area contributed by atoms with Gasteiger partial charge in [-0.3, -0.25) is 4.79 Å². The molecule has 0 amide bonds. The summed E-state index contributed by atoms with van der Waals surface area (Å²) in [6, 6.07) is 14.2. The lowest BCUT2D eigenvalue weighted by Gasteiger charge is -2.28. The van der Waals surface area contributed by atoms with E-state index in [0.29, 0.717) is 25.4 Å². The van der Waals surface area contributed by atoms with Crippen LogP contribution in [0.4, 0.5) is 4.39 Å². The van der Waals surface area contributed by atoms with Gasteiger partial charge < -0.3 is 9.47 Å². The normalized spacial score (nSPS) is 24.7. The first-order valence-corrected chi connectivity index (χ1v) is 8.80. The second-order valence-electron chi connectivity index (χ2n) is 6.89. The zero-order valence-corrected chi connectivity index (χ0v) is 14.0. The van der Waals surface area contributed by atoms with Crippen LogP contribution < -0.4 is 4.74 Å². The van der Waals surface area contributed by atoms with Crippen LogP contribution in [0.3, 0.4) is 0 Å². The predicted octanol–water partition coefficient (Wildman–Crippen LogP) is 3.74. The van der Waals surface area contributed by atoms with Gasteiger partial charge in [0.2, 0.25) is 0 Å². The Labute approximate surface area is 146 Å². The summed E-state index contributed by atoms with van der Waals surface area (Å²) >= 11 is 0. The van der Waals surface area contributed by atoms with Crippen molar-refractivity contribution in [3.63, 3.8) is 0 Å². The average molecular weight is 340 g/mol. The second kappa shape index (κ2) is 6.60. The first kappa shape index (κ1) is 16.3. The Morgan fingerprint density at radius 1 is 1.04 bits per heavy atom. The summed E-state index contributed by atoms with van der Waals surface area (Å²) in [5, 5.41) is 0. The van der Waals surface area contributed by atoms with Crippen LogP contribution in [0.25, 0.3) is 0 Å².